The number of fused-ring (bicyclic) bond motifs is 7. The van der Waals surface area contributed by atoms with Gasteiger partial charge in [0.1, 0.15) is 11.9 Å². The normalized spacial score (nSPS) is 19.1. The van der Waals surface area contributed by atoms with Crippen LogP contribution in [0.4, 0.5) is 0 Å². The predicted octanol–water partition coefficient (Wildman–Crippen LogP) is 7.67. The van der Waals surface area contributed by atoms with Gasteiger partial charge in [-0.05, 0) is 63.1 Å². The number of aromatic nitrogens is 1. The highest BCUT2D eigenvalue weighted by Crippen LogP contribution is 2.49. The fourth-order valence-corrected chi connectivity index (χ4v) is 5.65. The average Bonchev–Trinajstić information content (AvgIpc) is 3.35. The molecule has 2 aliphatic rings. The number of halogens is 1. The molecule has 1 aromatic heterocycles. The lowest BCUT2D eigenvalue weighted by Crippen LogP contribution is -2.16. The molecular weight excluding hydrogens is 446 g/mol. The lowest BCUT2D eigenvalue weighted by molar-refractivity contribution is 0.267. The summed E-state index contributed by atoms with van der Waals surface area (Å²) in [5.41, 5.74) is 4.88. The molecule has 2 atom stereocenters. The second-order valence-corrected chi connectivity index (χ2v) is 9.11. The van der Waals surface area contributed by atoms with Crippen LogP contribution in [0.3, 0.4) is 0 Å². The lowest BCUT2D eigenvalue weighted by atomic mass is 9.90. The number of ether oxygens (including phenoxy) is 1. The second kappa shape index (κ2) is 6.35. The quantitative estimate of drug-likeness (QED) is 0.248. The topological polar surface area (TPSA) is 14.2 Å². The summed E-state index contributed by atoms with van der Waals surface area (Å²) < 4.78 is 9.80. The average molecular weight is 464 g/mol. The summed E-state index contributed by atoms with van der Waals surface area (Å²) in [5, 5.41) is 5.07. The van der Waals surface area contributed by atoms with Crippen molar-refractivity contribution in [2.24, 2.45) is 0 Å². The molecule has 0 amide bonds. The van der Waals surface area contributed by atoms with Crippen molar-refractivity contribution in [2.75, 3.05) is 0 Å². The van der Waals surface area contributed by atoms with Gasteiger partial charge in [0.2, 0.25) is 0 Å². The van der Waals surface area contributed by atoms with E-state index in [9.17, 15) is 0 Å². The minimum Gasteiger partial charge on any atom is -0.484 e. The molecule has 2 heterocycles. The van der Waals surface area contributed by atoms with Gasteiger partial charge in [0.25, 0.3) is 0 Å². The van der Waals surface area contributed by atoms with Crippen LogP contribution in [0.5, 0.6) is 5.75 Å². The smallest absolute Gasteiger partial charge is 0.140 e. The third kappa shape index (κ3) is 2.38. The van der Waals surface area contributed by atoms with E-state index in [-0.39, 0.29) is 12.0 Å². The number of rotatable bonds is 1. The van der Waals surface area contributed by atoms with Crippen molar-refractivity contribution in [1.82, 2.24) is 4.57 Å². The fourth-order valence-electron chi connectivity index (χ4n) is 5.21. The first kappa shape index (κ1) is 17.4. The van der Waals surface area contributed by atoms with Gasteiger partial charge in [-0.15, -0.1) is 0 Å². The van der Waals surface area contributed by atoms with Crippen LogP contribution in [-0.4, -0.2) is 10.7 Å². The molecule has 4 aromatic carbocycles. The number of allylic oxidation sites excluding steroid dienone is 2. The zero-order valence-electron chi connectivity index (χ0n) is 16.6. The Hall–Kier alpha value is -3.30. The molecule has 0 bridgehead atoms. The predicted molar refractivity (Wildman–Crippen MR) is 131 cm³/mol. The number of benzene rings is 4. The summed E-state index contributed by atoms with van der Waals surface area (Å²) in [7, 11) is 0. The Labute approximate surface area is 188 Å². The van der Waals surface area contributed by atoms with Crippen LogP contribution >= 0.6 is 15.9 Å². The van der Waals surface area contributed by atoms with E-state index in [1.165, 1.54) is 43.8 Å². The first-order valence-electron chi connectivity index (χ1n) is 10.6. The minimum atomic E-state index is 0.0476. The molecule has 1 aliphatic heterocycles. The molecule has 148 valence electrons. The van der Waals surface area contributed by atoms with Gasteiger partial charge in [0, 0.05) is 22.3 Å². The van der Waals surface area contributed by atoms with Gasteiger partial charge in [-0.3, -0.25) is 0 Å². The first-order valence-corrected chi connectivity index (χ1v) is 11.4. The van der Waals surface area contributed by atoms with Gasteiger partial charge in [-0.1, -0.05) is 60.7 Å². The highest BCUT2D eigenvalue weighted by atomic mass is 79.9. The molecule has 0 saturated heterocycles. The van der Waals surface area contributed by atoms with Crippen LogP contribution in [0.15, 0.2) is 102 Å². The Kier molecular flexibility index (Phi) is 3.56. The summed E-state index contributed by atoms with van der Waals surface area (Å²) in [6, 6.07) is 26.3. The van der Waals surface area contributed by atoms with Gasteiger partial charge >= 0.3 is 0 Å². The molecule has 2 nitrogen and oxygen atoms in total. The molecule has 0 fully saturated rings. The summed E-state index contributed by atoms with van der Waals surface area (Å²) >= 11 is 3.73. The Bertz CT molecular complexity index is 1590. The van der Waals surface area contributed by atoms with Gasteiger partial charge < -0.3 is 9.30 Å². The molecule has 1 aliphatic carbocycles. The van der Waals surface area contributed by atoms with Crippen LogP contribution in [-0.2, 0) is 0 Å². The number of hydrogen-bond donors (Lipinski definition) is 0. The third-order valence-electron chi connectivity index (χ3n) is 6.58. The van der Waals surface area contributed by atoms with Crippen molar-refractivity contribution in [3.63, 3.8) is 0 Å². The highest BCUT2D eigenvalue weighted by molar-refractivity contribution is 9.10. The van der Waals surface area contributed by atoms with Gasteiger partial charge in [0.05, 0.1) is 21.2 Å². The van der Waals surface area contributed by atoms with E-state index in [0.717, 1.165) is 10.2 Å². The highest BCUT2D eigenvalue weighted by Gasteiger charge is 2.36. The summed E-state index contributed by atoms with van der Waals surface area (Å²) in [4.78, 5) is 0. The standard InChI is InChI=1S/C28H18BrNO/c29-22-13-14-24(27-20-10-4-6-12-26(20)31-28(22)27)30-23-11-5-3-9-19(23)21-15-17-7-1-2-8-18(17)16-25(21)30/h1-16,20,26H. The Morgan fingerprint density at radius 2 is 1.52 bits per heavy atom. The van der Waals surface area contributed by atoms with E-state index in [1.54, 1.807) is 0 Å². The maximum absolute atomic E-state index is 6.38. The van der Waals surface area contributed by atoms with E-state index in [1.807, 2.05) is 0 Å². The van der Waals surface area contributed by atoms with Gasteiger partial charge in [0.15, 0.2) is 0 Å². The maximum atomic E-state index is 6.38. The molecule has 7 rings (SSSR count). The molecule has 3 heteroatoms. The van der Waals surface area contributed by atoms with Crippen molar-refractivity contribution in [3.8, 4) is 11.4 Å². The Morgan fingerprint density at radius 3 is 2.42 bits per heavy atom. The van der Waals surface area contributed by atoms with E-state index in [0.29, 0.717) is 0 Å². The summed E-state index contributed by atoms with van der Waals surface area (Å²) in [5.74, 6) is 1.17. The molecule has 0 N–H and O–H groups in total. The van der Waals surface area contributed by atoms with Crippen molar-refractivity contribution in [2.45, 2.75) is 12.0 Å². The zero-order valence-corrected chi connectivity index (χ0v) is 18.2. The summed E-state index contributed by atoms with van der Waals surface area (Å²) in [6.45, 7) is 0. The van der Waals surface area contributed by atoms with Crippen LogP contribution < -0.4 is 4.74 Å². The molecule has 2 unspecified atom stereocenters. The van der Waals surface area contributed by atoms with E-state index >= 15 is 0 Å². The maximum Gasteiger partial charge on any atom is 0.140 e. The van der Waals surface area contributed by atoms with E-state index in [4.69, 9.17) is 4.74 Å². The third-order valence-corrected chi connectivity index (χ3v) is 7.20. The number of para-hydroxylation sites is 1. The van der Waals surface area contributed by atoms with Gasteiger partial charge in [-0.25, -0.2) is 0 Å². The largest absolute Gasteiger partial charge is 0.484 e. The van der Waals surface area contributed by atoms with Crippen molar-refractivity contribution >= 4 is 48.5 Å². The fraction of sp³-hybridized carbons (Fsp3) is 0.0714. The Balaban J connectivity index is 1.63. The number of nitrogens with zero attached hydrogens (tertiary/aromatic N) is 1. The molecule has 0 saturated carbocycles. The molecule has 31 heavy (non-hydrogen) atoms. The molecule has 0 spiro atoms. The van der Waals surface area contributed by atoms with Crippen LogP contribution in [0.2, 0.25) is 0 Å². The van der Waals surface area contributed by atoms with Crippen molar-refractivity contribution in [3.05, 3.63) is 107 Å². The van der Waals surface area contributed by atoms with Gasteiger partial charge in [-0.2, -0.15) is 0 Å². The summed E-state index contributed by atoms with van der Waals surface area (Å²) in [6.07, 6.45) is 8.67. The molecule has 5 aromatic rings. The lowest BCUT2D eigenvalue weighted by Gasteiger charge is -2.17. The molecule has 0 radical (unpaired) electrons. The first-order chi connectivity index (χ1) is 15.3. The van der Waals surface area contributed by atoms with Crippen molar-refractivity contribution < 1.29 is 4.74 Å². The van der Waals surface area contributed by atoms with E-state index < -0.39 is 0 Å². The Morgan fingerprint density at radius 1 is 0.742 bits per heavy atom. The number of hydrogen-bond acceptors (Lipinski definition) is 1. The molecular formula is C28H18BrNO. The van der Waals surface area contributed by atoms with Crippen LogP contribution in [0, 0.1) is 0 Å². The zero-order chi connectivity index (χ0) is 20.5. The second-order valence-electron chi connectivity index (χ2n) is 8.26. The minimum absolute atomic E-state index is 0.0476. The SMILES string of the molecule is Brc1ccc(-n2c3ccccc3c3cc4ccccc4cc32)c2c1OC1C=CC=CC21. The van der Waals surface area contributed by atoms with Crippen molar-refractivity contribution in [1.29, 1.82) is 0 Å². The van der Waals surface area contributed by atoms with Crippen LogP contribution in [0.25, 0.3) is 38.3 Å². The monoisotopic (exact) mass is 463 g/mol. The van der Waals surface area contributed by atoms with Crippen LogP contribution in [0.1, 0.15) is 11.5 Å². The van der Waals surface area contributed by atoms with E-state index in [2.05, 4.69) is 118 Å².